The molecule has 2 atom stereocenters. The molecule has 2 fully saturated rings. The number of aryl methyl sites for hydroxylation is 1. The number of carbonyl (C=O) groups excluding carboxylic acids is 1. The Morgan fingerprint density at radius 1 is 1.38 bits per heavy atom. The Bertz CT molecular complexity index is 618. The van der Waals surface area contributed by atoms with Crippen LogP contribution in [-0.2, 0) is 16.1 Å². The highest BCUT2D eigenvalue weighted by atomic mass is 32.1. The van der Waals surface area contributed by atoms with Crippen molar-refractivity contribution in [2.45, 2.75) is 58.8 Å². The Balaban J connectivity index is 1.64. The van der Waals surface area contributed by atoms with Crippen molar-refractivity contribution >= 4 is 17.2 Å². The number of aliphatic hydroxyl groups excluding tert-OH is 1. The molecule has 2 aliphatic heterocycles. The first-order valence-corrected chi connectivity index (χ1v) is 10.5. The molecule has 1 aromatic heterocycles. The number of likely N-dealkylation sites (tertiary alicyclic amines) is 2. The highest BCUT2D eigenvalue weighted by molar-refractivity contribution is 7.11. The molecule has 0 aromatic carbocycles. The normalized spacial score (nSPS) is 27.4. The number of piperidine rings is 2. The minimum absolute atomic E-state index is 0.0518. The SMILES string of the molecule is Cc1ccc(CN2CC[C@@H](O)[C@]3(CCCN(C(=O)COC(C)C)C3)C2)s1. The number of rotatable bonds is 5. The summed E-state index contributed by atoms with van der Waals surface area (Å²) in [5, 5.41) is 10.8. The maximum absolute atomic E-state index is 12.5. The third-order valence-electron chi connectivity index (χ3n) is 5.64. The predicted octanol–water partition coefficient (Wildman–Crippen LogP) is 2.66. The maximum atomic E-state index is 12.5. The summed E-state index contributed by atoms with van der Waals surface area (Å²) in [6.45, 7) is 10.3. The van der Waals surface area contributed by atoms with E-state index in [4.69, 9.17) is 4.74 Å². The van der Waals surface area contributed by atoms with Crippen LogP contribution >= 0.6 is 11.3 Å². The fraction of sp³-hybridized carbons (Fsp3) is 0.750. The number of thiophene rings is 1. The zero-order chi connectivity index (χ0) is 18.7. The fourth-order valence-corrected chi connectivity index (χ4v) is 5.20. The van der Waals surface area contributed by atoms with E-state index in [1.807, 2.05) is 30.1 Å². The van der Waals surface area contributed by atoms with Gasteiger partial charge in [-0.2, -0.15) is 0 Å². The summed E-state index contributed by atoms with van der Waals surface area (Å²) in [7, 11) is 0. The Kier molecular flexibility index (Phi) is 6.38. The Labute approximate surface area is 160 Å². The number of nitrogens with zero attached hydrogens (tertiary/aromatic N) is 2. The smallest absolute Gasteiger partial charge is 0.248 e. The Morgan fingerprint density at radius 3 is 2.88 bits per heavy atom. The first kappa shape index (κ1) is 19.8. The van der Waals surface area contributed by atoms with E-state index in [1.165, 1.54) is 9.75 Å². The summed E-state index contributed by atoms with van der Waals surface area (Å²) in [6.07, 6.45) is 2.46. The molecule has 3 rings (SSSR count). The zero-order valence-electron chi connectivity index (χ0n) is 16.2. The van der Waals surface area contributed by atoms with Crippen molar-refractivity contribution in [3.63, 3.8) is 0 Å². The van der Waals surface area contributed by atoms with Crippen molar-refractivity contribution in [2.75, 3.05) is 32.8 Å². The summed E-state index contributed by atoms with van der Waals surface area (Å²) < 4.78 is 5.50. The lowest BCUT2D eigenvalue weighted by Crippen LogP contribution is -2.59. The highest BCUT2D eigenvalue weighted by Gasteiger charge is 2.46. The number of hydrogen-bond donors (Lipinski definition) is 1. The zero-order valence-corrected chi connectivity index (χ0v) is 17.1. The molecule has 1 aromatic rings. The topological polar surface area (TPSA) is 53.0 Å². The summed E-state index contributed by atoms with van der Waals surface area (Å²) in [6, 6.07) is 4.38. The van der Waals surface area contributed by atoms with Gasteiger partial charge in [0, 0.05) is 47.9 Å². The molecule has 2 saturated heterocycles. The lowest BCUT2D eigenvalue weighted by molar-refractivity contribution is -0.147. The molecule has 26 heavy (non-hydrogen) atoms. The molecule has 0 unspecified atom stereocenters. The summed E-state index contributed by atoms with van der Waals surface area (Å²) in [5.41, 5.74) is -0.198. The maximum Gasteiger partial charge on any atom is 0.248 e. The molecule has 5 nitrogen and oxygen atoms in total. The molecule has 0 aliphatic carbocycles. The van der Waals surface area contributed by atoms with Gasteiger partial charge in [0.25, 0.3) is 0 Å². The molecule has 0 radical (unpaired) electrons. The minimum atomic E-state index is -0.328. The molecule has 1 N–H and O–H groups in total. The van der Waals surface area contributed by atoms with Gasteiger partial charge in [-0.05, 0) is 52.2 Å². The van der Waals surface area contributed by atoms with Crippen molar-refractivity contribution in [3.05, 3.63) is 21.9 Å². The molecular formula is C20H32N2O3S. The molecular weight excluding hydrogens is 348 g/mol. The van der Waals surface area contributed by atoms with Crippen LogP contribution < -0.4 is 0 Å². The first-order chi connectivity index (χ1) is 12.4. The average Bonchev–Trinajstić information content (AvgIpc) is 3.01. The summed E-state index contributed by atoms with van der Waals surface area (Å²) in [5.74, 6) is 0.0518. The van der Waals surface area contributed by atoms with Gasteiger partial charge in [-0.25, -0.2) is 0 Å². The van der Waals surface area contributed by atoms with Gasteiger partial charge in [0.1, 0.15) is 6.61 Å². The predicted molar refractivity (Wildman–Crippen MR) is 104 cm³/mol. The number of ether oxygens (including phenoxy) is 1. The van der Waals surface area contributed by atoms with Gasteiger partial charge in [0.15, 0.2) is 0 Å². The number of amides is 1. The van der Waals surface area contributed by atoms with E-state index >= 15 is 0 Å². The van der Waals surface area contributed by atoms with Crippen LogP contribution in [0.1, 0.15) is 42.9 Å². The second-order valence-electron chi connectivity index (χ2n) is 8.17. The van der Waals surface area contributed by atoms with Crippen LogP contribution in [0.4, 0.5) is 0 Å². The van der Waals surface area contributed by atoms with Crippen molar-refractivity contribution < 1.29 is 14.6 Å². The molecule has 1 amide bonds. The highest BCUT2D eigenvalue weighted by Crippen LogP contribution is 2.39. The van der Waals surface area contributed by atoms with E-state index in [9.17, 15) is 9.90 Å². The van der Waals surface area contributed by atoms with Crippen molar-refractivity contribution in [2.24, 2.45) is 5.41 Å². The summed E-state index contributed by atoms with van der Waals surface area (Å²) in [4.78, 5) is 19.6. The van der Waals surface area contributed by atoms with E-state index in [-0.39, 0.29) is 30.1 Å². The van der Waals surface area contributed by atoms with Crippen LogP contribution in [0, 0.1) is 12.3 Å². The fourth-order valence-electron chi connectivity index (χ4n) is 4.27. The summed E-state index contributed by atoms with van der Waals surface area (Å²) >= 11 is 1.85. The van der Waals surface area contributed by atoms with Crippen molar-refractivity contribution in [1.29, 1.82) is 0 Å². The number of hydrogen-bond acceptors (Lipinski definition) is 5. The lowest BCUT2D eigenvalue weighted by atomic mass is 9.71. The molecule has 2 aliphatic rings. The molecule has 146 valence electrons. The third-order valence-corrected chi connectivity index (χ3v) is 6.63. The van der Waals surface area contributed by atoms with Crippen LogP contribution in [0.3, 0.4) is 0 Å². The van der Waals surface area contributed by atoms with Crippen LogP contribution in [0.15, 0.2) is 12.1 Å². The first-order valence-electron chi connectivity index (χ1n) is 9.73. The Hall–Kier alpha value is -0.950. The van der Waals surface area contributed by atoms with Gasteiger partial charge in [-0.3, -0.25) is 9.69 Å². The lowest BCUT2D eigenvalue weighted by Gasteiger charge is -2.51. The van der Waals surface area contributed by atoms with Crippen LogP contribution in [0.25, 0.3) is 0 Å². The van der Waals surface area contributed by atoms with E-state index in [0.29, 0.717) is 6.54 Å². The molecule has 0 bridgehead atoms. The van der Waals surface area contributed by atoms with Gasteiger partial charge < -0.3 is 14.7 Å². The monoisotopic (exact) mass is 380 g/mol. The Morgan fingerprint density at radius 2 is 2.19 bits per heavy atom. The third kappa shape index (κ3) is 4.66. The van der Waals surface area contributed by atoms with Crippen LogP contribution in [-0.4, -0.2) is 65.8 Å². The number of aliphatic hydroxyl groups is 1. The van der Waals surface area contributed by atoms with Gasteiger partial charge in [-0.1, -0.05) is 0 Å². The van der Waals surface area contributed by atoms with Gasteiger partial charge in [-0.15, -0.1) is 11.3 Å². The van der Waals surface area contributed by atoms with Gasteiger partial charge in [0.2, 0.25) is 5.91 Å². The largest absolute Gasteiger partial charge is 0.392 e. The standard InChI is InChI=1S/C20H32N2O3S/c1-15(2)25-12-19(24)22-9-4-8-20(14-22)13-21(10-7-18(20)23)11-17-6-5-16(3)26-17/h5-6,15,18,23H,4,7-14H2,1-3H3/t18-,20-/m1/s1. The van der Waals surface area contributed by atoms with Crippen LogP contribution in [0.5, 0.6) is 0 Å². The molecule has 1 spiro atoms. The number of carbonyl (C=O) groups is 1. The minimum Gasteiger partial charge on any atom is -0.392 e. The van der Waals surface area contributed by atoms with Crippen molar-refractivity contribution in [1.82, 2.24) is 9.80 Å². The van der Waals surface area contributed by atoms with Gasteiger partial charge >= 0.3 is 0 Å². The molecule has 3 heterocycles. The van der Waals surface area contributed by atoms with E-state index in [1.54, 1.807) is 0 Å². The quantitative estimate of drug-likeness (QED) is 0.853. The molecule has 6 heteroatoms. The molecule has 0 saturated carbocycles. The van der Waals surface area contributed by atoms with Crippen molar-refractivity contribution in [3.8, 4) is 0 Å². The van der Waals surface area contributed by atoms with Crippen LogP contribution in [0.2, 0.25) is 0 Å². The second-order valence-corrected chi connectivity index (χ2v) is 9.54. The van der Waals surface area contributed by atoms with E-state index < -0.39 is 0 Å². The average molecular weight is 381 g/mol. The van der Waals surface area contributed by atoms with E-state index in [0.717, 1.165) is 45.4 Å². The van der Waals surface area contributed by atoms with Gasteiger partial charge in [0.05, 0.1) is 12.2 Å². The second kappa shape index (κ2) is 8.38. The van der Waals surface area contributed by atoms with E-state index in [2.05, 4.69) is 24.0 Å².